The second-order valence-electron chi connectivity index (χ2n) is 8.71. The zero-order valence-electron chi connectivity index (χ0n) is 18.9. The summed E-state index contributed by atoms with van der Waals surface area (Å²) >= 11 is 0. The molecule has 2 aliphatic heterocycles. The number of carbonyl (C=O) groups is 2. The molecule has 0 saturated carbocycles. The van der Waals surface area contributed by atoms with E-state index in [0.717, 1.165) is 32.4 Å². The van der Waals surface area contributed by atoms with Gasteiger partial charge in [0.25, 0.3) is 5.91 Å². The number of nitrogens with zero attached hydrogens (tertiary/aromatic N) is 5. The standard InChI is InChI=1S/C23H31N7O3/c1-16(31)30-8-4-19(5-9-30)28-22-10-21(26-15-27-22)23(33)25-12-20(32)14-29-7-3-17-2-6-24-11-18(17)13-29/h2,6,10-11,15,19-20,32H,3-5,7-9,12-14H2,1H3,(H,25,33)(H,26,27,28). The van der Waals surface area contributed by atoms with Crippen molar-refractivity contribution < 1.29 is 14.7 Å². The van der Waals surface area contributed by atoms with Crippen molar-refractivity contribution in [1.82, 2.24) is 30.1 Å². The van der Waals surface area contributed by atoms with Crippen molar-refractivity contribution >= 4 is 17.6 Å². The first-order chi connectivity index (χ1) is 16.0. The first-order valence-electron chi connectivity index (χ1n) is 11.4. The molecule has 4 rings (SSSR count). The Bertz CT molecular complexity index is 978. The summed E-state index contributed by atoms with van der Waals surface area (Å²) in [6.07, 6.45) is 6.95. The number of fused-ring (bicyclic) bond motifs is 1. The molecule has 3 N–H and O–H groups in total. The maximum Gasteiger partial charge on any atom is 0.270 e. The smallest absolute Gasteiger partial charge is 0.270 e. The fourth-order valence-electron chi connectivity index (χ4n) is 4.37. The molecule has 0 spiro atoms. The monoisotopic (exact) mass is 453 g/mol. The van der Waals surface area contributed by atoms with Crippen molar-refractivity contribution in [3.8, 4) is 0 Å². The van der Waals surface area contributed by atoms with Crippen LogP contribution in [-0.2, 0) is 17.8 Å². The number of aliphatic hydroxyl groups is 1. The number of piperidine rings is 1. The van der Waals surface area contributed by atoms with Crippen LogP contribution in [-0.4, -0.2) is 86.5 Å². The highest BCUT2D eigenvalue weighted by Gasteiger charge is 2.22. The van der Waals surface area contributed by atoms with Crippen molar-refractivity contribution in [2.45, 2.75) is 44.9 Å². The minimum atomic E-state index is -0.682. The van der Waals surface area contributed by atoms with Gasteiger partial charge in [0.15, 0.2) is 0 Å². The van der Waals surface area contributed by atoms with Crippen LogP contribution in [0, 0.1) is 0 Å². The first-order valence-corrected chi connectivity index (χ1v) is 11.4. The third kappa shape index (κ3) is 6.23. The second kappa shape index (κ2) is 10.7. The lowest BCUT2D eigenvalue weighted by atomic mass is 10.0. The van der Waals surface area contributed by atoms with Crippen molar-refractivity contribution in [1.29, 1.82) is 0 Å². The van der Waals surface area contributed by atoms with Gasteiger partial charge in [-0.2, -0.15) is 0 Å². The molecule has 2 aliphatic rings. The van der Waals surface area contributed by atoms with Crippen LogP contribution >= 0.6 is 0 Å². The number of aliphatic hydroxyl groups excluding tert-OH is 1. The lowest BCUT2D eigenvalue weighted by Crippen LogP contribution is -2.42. The number of hydrogen-bond donors (Lipinski definition) is 3. The van der Waals surface area contributed by atoms with Crippen molar-refractivity contribution in [3.63, 3.8) is 0 Å². The molecule has 0 bridgehead atoms. The molecule has 1 fully saturated rings. The summed E-state index contributed by atoms with van der Waals surface area (Å²) < 4.78 is 0. The molecule has 176 valence electrons. The summed E-state index contributed by atoms with van der Waals surface area (Å²) in [5.74, 6) is 0.329. The van der Waals surface area contributed by atoms with Crippen LogP contribution in [0.4, 0.5) is 5.82 Å². The number of rotatable bonds is 7. The van der Waals surface area contributed by atoms with Gasteiger partial charge in [-0.25, -0.2) is 9.97 Å². The average molecular weight is 454 g/mol. The number of amides is 2. The number of β-amino-alcohol motifs (C(OH)–C–C–N with tert-alkyl or cyclic N) is 1. The van der Waals surface area contributed by atoms with E-state index >= 15 is 0 Å². The lowest BCUT2D eigenvalue weighted by molar-refractivity contribution is -0.129. The van der Waals surface area contributed by atoms with Crippen LogP contribution in [0.1, 0.15) is 41.4 Å². The van der Waals surface area contributed by atoms with Gasteiger partial charge >= 0.3 is 0 Å². The highest BCUT2D eigenvalue weighted by atomic mass is 16.3. The third-order valence-electron chi connectivity index (χ3n) is 6.26. The van der Waals surface area contributed by atoms with Crippen LogP contribution in [0.15, 0.2) is 30.9 Å². The Morgan fingerprint density at radius 1 is 1.21 bits per heavy atom. The fraction of sp³-hybridized carbons (Fsp3) is 0.522. The van der Waals surface area contributed by atoms with E-state index in [4.69, 9.17) is 0 Å². The largest absolute Gasteiger partial charge is 0.390 e. The Balaban J connectivity index is 1.23. The Morgan fingerprint density at radius 3 is 2.82 bits per heavy atom. The van der Waals surface area contributed by atoms with Crippen molar-refractivity contribution in [3.05, 3.63) is 47.7 Å². The van der Waals surface area contributed by atoms with Gasteiger partial charge in [-0.05, 0) is 36.5 Å². The van der Waals surface area contributed by atoms with Gasteiger partial charge in [0.1, 0.15) is 17.8 Å². The van der Waals surface area contributed by atoms with Crippen LogP contribution < -0.4 is 10.6 Å². The van der Waals surface area contributed by atoms with Gasteiger partial charge in [0, 0.05) is 70.7 Å². The second-order valence-corrected chi connectivity index (χ2v) is 8.71. The zero-order chi connectivity index (χ0) is 23.2. The van der Waals surface area contributed by atoms with E-state index in [9.17, 15) is 14.7 Å². The van der Waals surface area contributed by atoms with Crippen LogP contribution in [0.2, 0.25) is 0 Å². The maximum atomic E-state index is 12.6. The summed E-state index contributed by atoms with van der Waals surface area (Å²) in [6, 6.07) is 3.86. The predicted octanol–water partition coefficient (Wildman–Crippen LogP) is 0.443. The molecule has 0 aliphatic carbocycles. The van der Waals surface area contributed by atoms with E-state index in [1.54, 1.807) is 13.0 Å². The molecule has 10 nitrogen and oxygen atoms in total. The third-order valence-corrected chi connectivity index (χ3v) is 6.26. The molecule has 10 heteroatoms. The van der Waals surface area contributed by atoms with E-state index in [0.29, 0.717) is 25.5 Å². The van der Waals surface area contributed by atoms with Crippen molar-refractivity contribution in [2.24, 2.45) is 0 Å². The van der Waals surface area contributed by atoms with Gasteiger partial charge < -0.3 is 20.6 Å². The molecule has 1 saturated heterocycles. The highest BCUT2D eigenvalue weighted by Crippen LogP contribution is 2.18. The Morgan fingerprint density at radius 2 is 2.03 bits per heavy atom. The van der Waals surface area contributed by atoms with Gasteiger partial charge in [-0.3, -0.25) is 19.5 Å². The topological polar surface area (TPSA) is 124 Å². The van der Waals surface area contributed by atoms with E-state index in [1.165, 1.54) is 17.5 Å². The Labute approximate surface area is 193 Å². The molecule has 2 amide bonds. The molecule has 0 radical (unpaired) electrons. The van der Waals surface area contributed by atoms with Crippen LogP contribution in [0.25, 0.3) is 0 Å². The number of nitrogens with one attached hydrogen (secondary N) is 2. The van der Waals surface area contributed by atoms with E-state index in [2.05, 4.69) is 30.5 Å². The van der Waals surface area contributed by atoms with Gasteiger partial charge in [-0.1, -0.05) is 0 Å². The SMILES string of the molecule is CC(=O)N1CCC(Nc2cc(C(=O)NCC(O)CN3CCc4ccncc4C3)ncn2)CC1. The summed E-state index contributed by atoms with van der Waals surface area (Å²) in [5.41, 5.74) is 2.74. The molecule has 1 unspecified atom stereocenters. The quantitative estimate of drug-likeness (QED) is 0.552. The minimum absolute atomic E-state index is 0.0961. The van der Waals surface area contributed by atoms with Gasteiger partial charge in [0.2, 0.25) is 5.91 Å². The van der Waals surface area contributed by atoms with Crippen molar-refractivity contribution in [2.75, 3.05) is 38.0 Å². The number of aromatic nitrogens is 3. The lowest BCUT2D eigenvalue weighted by Gasteiger charge is -2.31. The molecule has 2 aromatic heterocycles. The number of carbonyl (C=O) groups excluding carboxylic acids is 2. The summed E-state index contributed by atoms with van der Waals surface area (Å²) in [4.78, 5) is 40.5. The average Bonchev–Trinajstić information content (AvgIpc) is 2.83. The summed E-state index contributed by atoms with van der Waals surface area (Å²) in [5, 5.41) is 16.5. The summed E-state index contributed by atoms with van der Waals surface area (Å²) in [7, 11) is 0. The van der Waals surface area contributed by atoms with E-state index in [1.807, 2.05) is 23.4 Å². The number of anilines is 1. The molecular weight excluding hydrogens is 422 g/mol. The fourth-order valence-corrected chi connectivity index (χ4v) is 4.37. The number of hydrogen-bond acceptors (Lipinski definition) is 8. The maximum absolute atomic E-state index is 12.6. The minimum Gasteiger partial charge on any atom is -0.390 e. The molecule has 0 aromatic carbocycles. The van der Waals surface area contributed by atoms with Crippen LogP contribution in [0.3, 0.4) is 0 Å². The number of likely N-dealkylation sites (tertiary alicyclic amines) is 1. The molecule has 33 heavy (non-hydrogen) atoms. The first kappa shape index (κ1) is 23.1. The summed E-state index contributed by atoms with van der Waals surface area (Å²) in [6.45, 7) is 5.25. The normalized spacial score (nSPS) is 17.8. The van der Waals surface area contributed by atoms with E-state index in [-0.39, 0.29) is 30.1 Å². The predicted molar refractivity (Wildman–Crippen MR) is 122 cm³/mol. The van der Waals surface area contributed by atoms with E-state index < -0.39 is 6.10 Å². The zero-order valence-corrected chi connectivity index (χ0v) is 18.9. The number of pyridine rings is 1. The Hall–Kier alpha value is -3.11. The molecular formula is C23H31N7O3. The van der Waals surface area contributed by atoms with Gasteiger partial charge in [0.05, 0.1) is 6.10 Å². The highest BCUT2D eigenvalue weighted by molar-refractivity contribution is 5.92. The van der Waals surface area contributed by atoms with Gasteiger partial charge in [-0.15, -0.1) is 0 Å². The van der Waals surface area contributed by atoms with Crippen LogP contribution in [0.5, 0.6) is 0 Å². The molecule has 2 aromatic rings. The Kier molecular flexibility index (Phi) is 7.46. The molecule has 4 heterocycles. The molecule has 1 atom stereocenters.